The summed E-state index contributed by atoms with van der Waals surface area (Å²) in [5, 5.41) is 10.4. The van der Waals surface area contributed by atoms with Gasteiger partial charge in [0.1, 0.15) is 0 Å². The summed E-state index contributed by atoms with van der Waals surface area (Å²) in [7, 11) is 0. The van der Waals surface area contributed by atoms with Crippen molar-refractivity contribution >= 4 is 74.9 Å². The molecule has 0 fully saturated rings. The third kappa shape index (κ3) is 3.54. The predicted molar refractivity (Wildman–Crippen MR) is 156 cm³/mol. The molecule has 0 aromatic heterocycles. The van der Waals surface area contributed by atoms with Gasteiger partial charge in [-0.15, -0.1) is 0 Å². The highest BCUT2D eigenvalue weighted by Gasteiger charge is 2.19. The lowest BCUT2D eigenvalue weighted by atomic mass is 9.88. The molecule has 0 radical (unpaired) electrons. The van der Waals surface area contributed by atoms with Crippen LogP contribution in [0.25, 0.3) is 54.2 Å². The molecular formula is C32H26Br2. The second-order valence-corrected chi connectivity index (χ2v) is 11.0. The van der Waals surface area contributed by atoms with Crippen molar-refractivity contribution in [3.8, 4) is 11.1 Å². The first kappa shape index (κ1) is 22.1. The Morgan fingerprint density at radius 1 is 0.618 bits per heavy atom. The molecule has 34 heavy (non-hydrogen) atoms. The number of benzene rings is 6. The average molecular weight is 570 g/mol. The van der Waals surface area contributed by atoms with Crippen molar-refractivity contribution in [3.05, 3.63) is 93.4 Å². The summed E-state index contributed by atoms with van der Waals surface area (Å²) in [4.78, 5) is 0. The van der Waals surface area contributed by atoms with Gasteiger partial charge in [0.2, 0.25) is 0 Å². The Hall–Kier alpha value is -2.42. The van der Waals surface area contributed by atoms with Gasteiger partial charge in [0.25, 0.3) is 0 Å². The van der Waals surface area contributed by atoms with Crippen molar-refractivity contribution in [3.63, 3.8) is 0 Å². The van der Waals surface area contributed by atoms with Gasteiger partial charge in [-0.3, -0.25) is 0 Å². The van der Waals surface area contributed by atoms with E-state index in [0.717, 1.165) is 4.47 Å². The summed E-state index contributed by atoms with van der Waals surface area (Å²) in [6.07, 6.45) is 6.39. The standard InChI is InChI=1S/C32H26Br2/c1-2-3-4-5-8-20-13-15-21(16-14-20)26-19-23-10-7-11-24-29(23)31(32(26)34)25-12-6-9-22-17-18-27(33)30(24)28(22)25/h6-7,9-19H,2-5,8H2,1H3. The minimum Gasteiger partial charge on any atom is -0.0654 e. The van der Waals surface area contributed by atoms with Gasteiger partial charge in [-0.2, -0.15) is 0 Å². The molecule has 0 aliphatic carbocycles. The fourth-order valence-corrected chi connectivity index (χ4v) is 6.84. The Bertz CT molecular complexity index is 1640. The van der Waals surface area contributed by atoms with Crippen molar-refractivity contribution < 1.29 is 0 Å². The van der Waals surface area contributed by atoms with E-state index in [-0.39, 0.29) is 0 Å². The molecule has 0 bridgehead atoms. The molecule has 0 saturated carbocycles. The van der Waals surface area contributed by atoms with Crippen LogP contribution < -0.4 is 0 Å². The van der Waals surface area contributed by atoms with E-state index in [4.69, 9.17) is 0 Å². The molecule has 0 heterocycles. The zero-order valence-corrected chi connectivity index (χ0v) is 22.5. The van der Waals surface area contributed by atoms with Crippen molar-refractivity contribution in [2.45, 2.75) is 39.0 Å². The number of aryl methyl sites for hydroxylation is 1. The van der Waals surface area contributed by atoms with Crippen LogP contribution in [0, 0.1) is 0 Å². The van der Waals surface area contributed by atoms with E-state index < -0.39 is 0 Å². The molecule has 0 saturated heterocycles. The minimum absolute atomic E-state index is 1.15. The minimum atomic E-state index is 1.15. The molecule has 0 atom stereocenters. The Kier molecular flexibility index (Phi) is 5.83. The summed E-state index contributed by atoms with van der Waals surface area (Å²) >= 11 is 7.92. The first-order chi connectivity index (χ1) is 16.7. The summed E-state index contributed by atoms with van der Waals surface area (Å²) in [5.74, 6) is 0. The van der Waals surface area contributed by atoms with Gasteiger partial charge in [0.15, 0.2) is 0 Å². The smallest absolute Gasteiger partial charge is 0.0339 e. The van der Waals surface area contributed by atoms with Crippen molar-refractivity contribution in [2.24, 2.45) is 0 Å². The molecule has 6 aromatic carbocycles. The van der Waals surface area contributed by atoms with E-state index in [2.05, 4.69) is 118 Å². The van der Waals surface area contributed by atoms with E-state index >= 15 is 0 Å². The first-order valence-electron chi connectivity index (χ1n) is 12.2. The van der Waals surface area contributed by atoms with Crippen LogP contribution in [-0.4, -0.2) is 0 Å². The van der Waals surface area contributed by atoms with E-state index in [1.807, 2.05) is 0 Å². The number of unbranched alkanes of at least 4 members (excludes halogenated alkanes) is 3. The molecule has 6 rings (SSSR count). The van der Waals surface area contributed by atoms with Crippen LogP contribution in [0.5, 0.6) is 0 Å². The van der Waals surface area contributed by atoms with E-state index in [9.17, 15) is 0 Å². The number of hydrogen-bond acceptors (Lipinski definition) is 0. The monoisotopic (exact) mass is 568 g/mol. The molecule has 6 aromatic rings. The predicted octanol–water partition coefficient (Wildman–Crippen LogP) is 11.1. The maximum absolute atomic E-state index is 4.07. The lowest BCUT2D eigenvalue weighted by Crippen LogP contribution is -1.91. The number of fused-ring (bicyclic) bond motifs is 2. The van der Waals surface area contributed by atoms with Crippen LogP contribution in [0.2, 0.25) is 0 Å². The molecule has 0 nitrogen and oxygen atoms in total. The zero-order valence-electron chi connectivity index (χ0n) is 19.3. The molecule has 0 aliphatic rings. The Balaban J connectivity index is 1.58. The molecule has 0 spiro atoms. The summed E-state index contributed by atoms with van der Waals surface area (Å²) in [5.41, 5.74) is 3.96. The van der Waals surface area contributed by atoms with Crippen LogP contribution in [0.3, 0.4) is 0 Å². The third-order valence-electron chi connectivity index (χ3n) is 7.22. The second kappa shape index (κ2) is 8.98. The van der Waals surface area contributed by atoms with E-state index in [1.54, 1.807) is 0 Å². The second-order valence-electron chi connectivity index (χ2n) is 9.35. The lowest BCUT2D eigenvalue weighted by Gasteiger charge is -2.18. The molecule has 0 aliphatic heterocycles. The van der Waals surface area contributed by atoms with Gasteiger partial charge >= 0.3 is 0 Å². The van der Waals surface area contributed by atoms with Crippen molar-refractivity contribution in [1.29, 1.82) is 0 Å². The number of hydrogen-bond donors (Lipinski definition) is 0. The normalized spacial score (nSPS) is 12.0. The van der Waals surface area contributed by atoms with Crippen molar-refractivity contribution in [1.82, 2.24) is 0 Å². The van der Waals surface area contributed by atoms with Crippen LogP contribution in [-0.2, 0) is 6.42 Å². The summed E-state index contributed by atoms with van der Waals surface area (Å²) in [6, 6.07) is 29.4. The molecule has 0 N–H and O–H groups in total. The van der Waals surface area contributed by atoms with Crippen LogP contribution in [0.1, 0.15) is 38.2 Å². The maximum atomic E-state index is 4.07. The fraction of sp³-hybridized carbons (Fsp3) is 0.188. The largest absolute Gasteiger partial charge is 0.0654 e. The third-order valence-corrected chi connectivity index (χ3v) is 8.70. The number of rotatable bonds is 6. The van der Waals surface area contributed by atoms with Gasteiger partial charge in [-0.05, 0) is 89.9 Å². The topological polar surface area (TPSA) is 0 Å². The summed E-state index contributed by atoms with van der Waals surface area (Å²) in [6.45, 7) is 2.27. The van der Waals surface area contributed by atoms with E-state index in [1.165, 1.54) is 96.4 Å². The van der Waals surface area contributed by atoms with Gasteiger partial charge in [-0.1, -0.05) is 109 Å². The van der Waals surface area contributed by atoms with Crippen LogP contribution in [0.15, 0.2) is 87.8 Å². The van der Waals surface area contributed by atoms with Crippen molar-refractivity contribution in [2.75, 3.05) is 0 Å². The Labute approximate surface area is 217 Å². The molecule has 2 heteroatoms. The van der Waals surface area contributed by atoms with Gasteiger partial charge in [-0.25, -0.2) is 0 Å². The summed E-state index contributed by atoms with van der Waals surface area (Å²) < 4.78 is 2.33. The zero-order chi connectivity index (χ0) is 23.2. The van der Waals surface area contributed by atoms with Gasteiger partial charge < -0.3 is 0 Å². The van der Waals surface area contributed by atoms with Crippen LogP contribution in [0.4, 0.5) is 0 Å². The highest BCUT2D eigenvalue weighted by atomic mass is 79.9. The van der Waals surface area contributed by atoms with Gasteiger partial charge in [0.05, 0.1) is 0 Å². The maximum Gasteiger partial charge on any atom is 0.0339 e. The fourth-order valence-electron chi connectivity index (χ4n) is 5.54. The quantitative estimate of drug-likeness (QED) is 0.106. The molecule has 0 amide bonds. The average Bonchev–Trinajstić information content (AvgIpc) is 2.87. The van der Waals surface area contributed by atoms with Crippen LogP contribution >= 0.6 is 31.9 Å². The highest BCUT2D eigenvalue weighted by molar-refractivity contribution is 9.11. The lowest BCUT2D eigenvalue weighted by molar-refractivity contribution is 0.667. The Morgan fingerprint density at radius 3 is 2.09 bits per heavy atom. The first-order valence-corrected chi connectivity index (χ1v) is 13.8. The number of halogens is 2. The molecular weight excluding hydrogens is 544 g/mol. The van der Waals surface area contributed by atoms with E-state index in [0.29, 0.717) is 0 Å². The van der Waals surface area contributed by atoms with Gasteiger partial charge in [0, 0.05) is 19.7 Å². The highest BCUT2D eigenvalue weighted by Crippen LogP contribution is 2.47. The molecule has 0 unspecified atom stereocenters. The SMILES string of the molecule is CCCCCCc1ccc(-c2cc3cccc4c5c(Br)ccc6cccc(c(c2Br)c34)c65)cc1. The Morgan fingerprint density at radius 2 is 1.32 bits per heavy atom. The molecule has 168 valence electrons.